The highest BCUT2D eigenvalue weighted by atomic mass is 35.5. The predicted octanol–water partition coefficient (Wildman–Crippen LogP) is 3.65. The summed E-state index contributed by atoms with van der Waals surface area (Å²) in [5.41, 5.74) is 1.00. The van der Waals surface area contributed by atoms with Gasteiger partial charge in [0.15, 0.2) is 0 Å². The van der Waals surface area contributed by atoms with E-state index < -0.39 is 6.10 Å². The molecule has 2 atom stereocenters. The number of likely N-dealkylation sites (N-methyl/N-ethyl adjacent to an activating group) is 1. The molecule has 0 spiro atoms. The smallest absolute Gasteiger partial charge is 0.0942 e. The van der Waals surface area contributed by atoms with E-state index in [4.69, 9.17) is 0 Å². The standard InChI is InChI=1S/C15H25NO.ClH/c1-4-5-9-12-16(3)13(2)15(17)14-10-7-6-8-11-14;/h6-8,10-11,13,15,17H,4-5,9,12H2,1-3H3;1H. The zero-order valence-electron chi connectivity index (χ0n) is 11.7. The van der Waals surface area contributed by atoms with Gasteiger partial charge in [-0.25, -0.2) is 0 Å². The Kier molecular flexibility index (Phi) is 9.08. The quantitative estimate of drug-likeness (QED) is 0.765. The van der Waals surface area contributed by atoms with E-state index in [0.29, 0.717) is 0 Å². The second kappa shape index (κ2) is 9.37. The fourth-order valence-corrected chi connectivity index (χ4v) is 1.98. The molecule has 0 fully saturated rings. The maximum Gasteiger partial charge on any atom is 0.0942 e. The van der Waals surface area contributed by atoms with Gasteiger partial charge < -0.3 is 10.0 Å². The van der Waals surface area contributed by atoms with Crippen LogP contribution in [0.3, 0.4) is 0 Å². The number of aliphatic hydroxyl groups is 1. The fourth-order valence-electron chi connectivity index (χ4n) is 1.98. The van der Waals surface area contributed by atoms with E-state index in [1.807, 2.05) is 30.3 Å². The van der Waals surface area contributed by atoms with E-state index in [0.717, 1.165) is 12.1 Å². The average Bonchev–Trinajstić information content (AvgIpc) is 2.38. The Balaban J connectivity index is 0.00000289. The molecule has 0 saturated carbocycles. The topological polar surface area (TPSA) is 23.5 Å². The van der Waals surface area contributed by atoms with Gasteiger partial charge in [-0.1, -0.05) is 50.1 Å². The van der Waals surface area contributed by atoms with Crippen LogP contribution in [0.15, 0.2) is 30.3 Å². The van der Waals surface area contributed by atoms with Crippen LogP contribution in [-0.4, -0.2) is 29.6 Å². The molecule has 1 N–H and O–H groups in total. The van der Waals surface area contributed by atoms with Crippen LogP contribution in [0.1, 0.15) is 44.8 Å². The first-order valence-electron chi connectivity index (χ1n) is 6.60. The maximum absolute atomic E-state index is 10.3. The number of hydrogen-bond donors (Lipinski definition) is 1. The van der Waals surface area contributed by atoms with E-state index in [2.05, 4.69) is 25.8 Å². The van der Waals surface area contributed by atoms with Crippen LogP contribution >= 0.6 is 12.4 Å². The van der Waals surface area contributed by atoms with Gasteiger partial charge in [0.25, 0.3) is 0 Å². The van der Waals surface area contributed by atoms with Crippen molar-refractivity contribution in [2.75, 3.05) is 13.6 Å². The lowest BCUT2D eigenvalue weighted by Gasteiger charge is -2.29. The molecule has 3 heteroatoms. The maximum atomic E-state index is 10.3. The predicted molar refractivity (Wildman–Crippen MR) is 80.3 cm³/mol. The van der Waals surface area contributed by atoms with Crippen molar-refractivity contribution in [1.29, 1.82) is 0 Å². The molecule has 2 nitrogen and oxygen atoms in total. The van der Waals surface area contributed by atoms with Gasteiger partial charge in [-0.3, -0.25) is 0 Å². The molecular weight excluding hydrogens is 246 g/mol. The lowest BCUT2D eigenvalue weighted by Crippen LogP contribution is -2.35. The minimum atomic E-state index is -0.400. The average molecular weight is 272 g/mol. The number of hydrogen-bond acceptors (Lipinski definition) is 2. The minimum Gasteiger partial charge on any atom is -0.387 e. The molecule has 104 valence electrons. The molecule has 1 rings (SSSR count). The van der Waals surface area contributed by atoms with Gasteiger partial charge in [-0.15, -0.1) is 12.4 Å². The van der Waals surface area contributed by atoms with Gasteiger partial charge in [0.1, 0.15) is 0 Å². The van der Waals surface area contributed by atoms with E-state index in [1.54, 1.807) is 0 Å². The molecule has 1 aromatic rings. The van der Waals surface area contributed by atoms with Crippen LogP contribution in [0.2, 0.25) is 0 Å². The summed E-state index contributed by atoms with van der Waals surface area (Å²) in [5.74, 6) is 0. The Bertz CT molecular complexity index is 305. The summed E-state index contributed by atoms with van der Waals surface area (Å²) >= 11 is 0. The SMILES string of the molecule is CCCCCN(C)C(C)C(O)c1ccccc1.Cl. The van der Waals surface area contributed by atoms with Gasteiger partial charge in [-0.05, 0) is 32.5 Å². The first-order chi connectivity index (χ1) is 8.16. The molecule has 0 aliphatic rings. The molecule has 1 aromatic carbocycles. The molecule has 18 heavy (non-hydrogen) atoms. The summed E-state index contributed by atoms with van der Waals surface area (Å²) in [5, 5.41) is 10.3. The second-order valence-corrected chi connectivity index (χ2v) is 4.78. The van der Waals surface area contributed by atoms with Gasteiger partial charge in [-0.2, -0.15) is 0 Å². The van der Waals surface area contributed by atoms with Crippen LogP contribution in [-0.2, 0) is 0 Å². The van der Waals surface area contributed by atoms with Crippen molar-refractivity contribution in [3.63, 3.8) is 0 Å². The molecule has 0 aliphatic carbocycles. The third-order valence-electron chi connectivity index (χ3n) is 3.41. The zero-order chi connectivity index (χ0) is 12.7. The number of rotatable bonds is 7. The highest BCUT2D eigenvalue weighted by Gasteiger charge is 2.19. The van der Waals surface area contributed by atoms with E-state index in [1.165, 1.54) is 19.3 Å². The number of benzene rings is 1. The monoisotopic (exact) mass is 271 g/mol. The zero-order valence-corrected chi connectivity index (χ0v) is 12.5. The molecule has 0 aliphatic heterocycles. The molecular formula is C15H26ClNO. The van der Waals surface area contributed by atoms with Crippen LogP contribution in [0, 0.1) is 0 Å². The highest BCUT2D eigenvalue weighted by Crippen LogP contribution is 2.19. The molecule has 0 bridgehead atoms. The molecule has 0 saturated heterocycles. The summed E-state index contributed by atoms with van der Waals surface area (Å²) in [7, 11) is 2.09. The number of halogens is 1. The lowest BCUT2D eigenvalue weighted by molar-refractivity contribution is 0.0717. The van der Waals surface area contributed by atoms with Crippen LogP contribution in [0.4, 0.5) is 0 Å². The van der Waals surface area contributed by atoms with Crippen molar-refractivity contribution in [3.05, 3.63) is 35.9 Å². The summed E-state index contributed by atoms with van der Waals surface area (Å²) < 4.78 is 0. The Labute approximate surface area is 117 Å². The van der Waals surface area contributed by atoms with Crippen molar-refractivity contribution in [2.45, 2.75) is 45.3 Å². The lowest BCUT2D eigenvalue weighted by atomic mass is 10.0. The molecule has 0 radical (unpaired) electrons. The Morgan fingerprint density at radius 3 is 2.33 bits per heavy atom. The normalized spacial score (nSPS) is 14.1. The first-order valence-corrected chi connectivity index (χ1v) is 6.60. The summed E-state index contributed by atoms with van der Waals surface area (Å²) in [4.78, 5) is 2.24. The molecule has 0 amide bonds. The largest absolute Gasteiger partial charge is 0.387 e. The van der Waals surface area contributed by atoms with Crippen molar-refractivity contribution < 1.29 is 5.11 Å². The van der Waals surface area contributed by atoms with Crippen molar-refractivity contribution in [2.24, 2.45) is 0 Å². The van der Waals surface area contributed by atoms with E-state index >= 15 is 0 Å². The van der Waals surface area contributed by atoms with Crippen LogP contribution in [0.5, 0.6) is 0 Å². The van der Waals surface area contributed by atoms with Crippen LogP contribution < -0.4 is 0 Å². The third-order valence-corrected chi connectivity index (χ3v) is 3.41. The highest BCUT2D eigenvalue weighted by molar-refractivity contribution is 5.85. The van der Waals surface area contributed by atoms with Crippen molar-refractivity contribution in [3.8, 4) is 0 Å². The summed E-state index contributed by atoms with van der Waals surface area (Å²) in [6, 6.07) is 10.1. The minimum absolute atomic E-state index is 0. The molecule has 2 unspecified atom stereocenters. The van der Waals surface area contributed by atoms with E-state index in [-0.39, 0.29) is 18.4 Å². The number of unbranched alkanes of at least 4 members (excludes halogenated alkanes) is 2. The number of nitrogens with zero attached hydrogens (tertiary/aromatic N) is 1. The number of aliphatic hydroxyl groups excluding tert-OH is 1. The van der Waals surface area contributed by atoms with Crippen molar-refractivity contribution >= 4 is 12.4 Å². The third kappa shape index (κ3) is 5.38. The summed E-state index contributed by atoms with van der Waals surface area (Å²) in [6.07, 6.45) is 3.31. The molecule has 0 heterocycles. The molecule has 0 aromatic heterocycles. The van der Waals surface area contributed by atoms with Gasteiger partial charge >= 0.3 is 0 Å². The van der Waals surface area contributed by atoms with Gasteiger partial charge in [0, 0.05) is 6.04 Å². The second-order valence-electron chi connectivity index (χ2n) is 4.78. The summed E-state index contributed by atoms with van der Waals surface area (Å²) in [6.45, 7) is 5.35. The van der Waals surface area contributed by atoms with E-state index in [9.17, 15) is 5.11 Å². The Morgan fingerprint density at radius 2 is 1.78 bits per heavy atom. The van der Waals surface area contributed by atoms with Gasteiger partial charge in [0.2, 0.25) is 0 Å². The fraction of sp³-hybridized carbons (Fsp3) is 0.600. The Morgan fingerprint density at radius 1 is 1.17 bits per heavy atom. The first kappa shape index (κ1) is 17.4. The van der Waals surface area contributed by atoms with Crippen LogP contribution in [0.25, 0.3) is 0 Å². The van der Waals surface area contributed by atoms with Crippen molar-refractivity contribution in [1.82, 2.24) is 4.90 Å². The van der Waals surface area contributed by atoms with Gasteiger partial charge in [0.05, 0.1) is 6.10 Å². The Hall–Kier alpha value is -0.570.